The highest BCUT2D eigenvalue weighted by Crippen LogP contribution is 1.98. The average Bonchev–Trinajstić information content (AvgIpc) is 1.85. The highest BCUT2D eigenvalue weighted by molar-refractivity contribution is 5.74. The summed E-state index contributed by atoms with van der Waals surface area (Å²) in [6.45, 7) is 10.9. The van der Waals surface area contributed by atoms with Crippen molar-refractivity contribution in [3.8, 4) is 0 Å². The first-order valence-electron chi connectivity index (χ1n) is 4.05. The third kappa shape index (κ3) is 3.37. The molecule has 0 saturated carbocycles. The van der Waals surface area contributed by atoms with Crippen LogP contribution in [0.2, 0.25) is 0 Å². The van der Waals surface area contributed by atoms with E-state index in [0.717, 1.165) is 0 Å². The molecule has 0 radical (unpaired) electrons. The second-order valence-electron chi connectivity index (χ2n) is 3.18. The molecule has 0 aromatic carbocycles. The summed E-state index contributed by atoms with van der Waals surface area (Å²) in [7, 11) is 0. The Labute approximate surface area is 73.6 Å². The Balaban J connectivity index is 4.13. The molecular formula is C8H17N3O. The van der Waals surface area contributed by atoms with Crippen LogP contribution in [0, 0.1) is 0 Å². The largest absolute Gasteiger partial charge is 0.338 e. The molecule has 4 nitrogen and oxygen atoms in total. The van der Waals surface area contributed by atoms with E-state index < -0.39 is 0 Å². The zero-order chi connectivity index (χ0) is 9.72. The van der Waals surface area contributed by atoms with Crippen molar-refractivity contribution in [1.82, 2.24) is 10.3 Å². The van der Waals surface area contributed by atoms with E-state index in [1.54, 1.807) is 0 Å². The molecule has 2 amide bonds. The van der Waals surface area contributed by atoms with Gasteiger partial charge in [-0.2, -0.15) is 5.10 Å². The molecule has 0 aliphatic heterocycles. The van der Waals surface area contributed by atoms with Crippen LogP contribution in [0.25, 0.3) is 0 Å². The van der Waals surface area contributed by atoms with Crippen LogP contribution in [0.15, 0.2) is 5.10 Å². The Kier molecular flexibility index (Phi) is 4.33. The van der Waals surface area contributed by atoms with Crippen molar-refractivity contribution in [1.29, 1.82) is 0 Å². The molecule has 0 aliphatic carbocycles. The fraction of sp³-hybridized carbons (Fsp3) is 0.750. The standard InChI is InChI=1S/C8H17N3O/c1-6(2)10-8(12)11(9-5)7(3)4/h6-7H,5H2,1-4H3,(H,10,12). The van der Waals surface area contributed by atoms with Crippen LogP contribution >= 0.6 is 0 Å². The summed E-state index contributed by atoms with van der Waals surface area (Å²) in [4.78, 5) is 11.3. The summed E-state index contributed by atoms with van der Waals surface area (Å²) in [5.41, 5.74) is 0. The Morgan fingerprint density at radius 3 is 2.17 bits per heavy atom. The zero-order valence-electron chi connectivity index (χ0n) is 8.16. The molecule has 0 atom stereocenters. The number of hydrazone groups is 1. The van der Waals surface area contributed by atoms with Crippen molar-refractivity contribution in [3.63, 3.8) is 0 Å². The predicted octanol–water partition coefficient (Wildman–Crippen LogP) is 1.43. The molecule has 0 aliphatic rings. The summed E-state index contributed by atoms with van der Waals surface area (Å²) >= 11 is 0. The van der Waals surface area contributed by atoms with Gasteiger partial charge in [-0.3, -0.25) is 0 Å². The van der Waals surface area contributed by atoms with Crippen molar-refractivity contribution in [2.24, 2.45) is 5.10 Å². The van der Waals surface area contributed by atoms with Gasteiger partial charge in [0.05, 0.1) is 6.04 Å². The number of urea groups is 1. The number of carbonyl (C=O) groups excluding carboxylic acids is 1. The fourth-order valence-electron chi connectivity index (χ4n) is 0.775. The Bertz CT molecular complexity index is 166. The number of nitrogens with one attached hydrogen (secondary N) is 1. The summed E-state index contributed by atoms with van der Waals surface area (Å²) in [5.74, 6) is 0. The zero-order valence-corrected chi connectivity index (χ0v) is 8.16. The second-order valence-corrected chi connectivity index (χ2v) is 3.18. The van der Waals surface area contributed by atoms with E-state index in [1.807, 2.05) is 27.7 Å². The normalized spacial score (nSPS) is 10.2. The lowest BCUT2D eigenvalue weighted by atomic mass is 10.4. The lowest BCUT2D eigenvalue weighted by molar-refractivity contribution is 0.184. The van der Waals surface area contributed by atoms with Gasteiger partial charge >= 0.3 is 6.03 Å². The number of carbonyl (C=O) groups is 1. The number of rotatable bonds is 3. The number of nitrogens with zero attached hydrogens (tertiary/aromatic N) is 2. The molecule has 0 saturated heterocycles. The van der Waals surface area contributed by atoms with Crippen LogP contribution < -0.4 is 5.32 Å². The highest BCUT2D eigenvalue weighted by Gasteiger charge is 2.14. The van der Waals surface area contributed by atoms with E-state index >= 15 is 0 Å². The van der Waals surface area contributed by atoms with Crippen molar-refractivity contribution in [3.05, 3.63) is 0 Å². The first-order chi connectivity index (χ1) is 5.49. The summed E-state index contributed by atoms with van der Waals surface area (Å²) in [6, 6.07) is -0.0308. The van der Waals surface area contributed by atoms with Crippen molar-refractivity contribution >= 4 is 12.7 Å². The monoisotopic (exact) mass is 171 g/mol. The van der Waals surface area contributed by atoms with Crippen molar-refractivity contribution in [2.45, 2.75) is 39.8 Å². The molecule has 12 heavy (non-hydrogen) atoms. The van der Waals surface area contributed by atoms with E-state index in [-0.39, 0.29) is 18.1 Å². The van der Waals surface area contributed by atoms with Crippen LogP contribution in [-0.4, -0.2) is 29.8 Å². The summed E-state index contributed by atoms with van der Waals surface area (Å²) in [5, 5.41) is 7.66. The molecule has 0 spiro atoms. The first kappa shape index (κ1) is 10.9. The van der Waals surface area contributed by atoms with Gasteiger partial charge in [0.15, 0.2) is 0 Å². The second kappa shape index (κ2) is 4.74. The minimum atomic E-state index is -0.199. The molecule has 70 valence electrons. The summed E-state index contributed by atoms with van der Waals surface area (Å²) < 4.78 is 0. The SMILES string of the molecule is C=NN(C(=O)NC(C)C)C(C)C. The molecule has 1 N–H and O–H groups in total. The number of hydrogen-bond acceptors (Lipinski definition) is 2. The molecular weight excluding hydrogens is 154 g/mol. The molecule has 0 rings (SSSR count). The fourth-order valence-corrected chi connectivity index (χ4v) is 0.775. The minimum absolute atomic E-state index is 0.0428. The maximum atomic E-state index is 11.3. The van der Waals surface area contributed by atoms with Crippen LogP contribution in [0.3, 0.4) is 0 Å². The Morgan fingerprint density at radius 1 is 1.42 bits per heavy atom. The number of hydrogen-bond donors (Lipinski definition) is 1. The molecule has 0 aromatic heterocycles. The van der Waals surface area contributed by atoms with Gasteiger partial charge in [-0.25, -0.2) is 9.80 Å². The van der Waals surface area contributed by atoms with E-state index in [1.165, 1.54) is 5.01 Å². The molecule has 0 aromatic rings. The topological polar surface area (TPSA) is 44.7 Å². The van der Waals surface area contributed by atoms with Crippen molar-refractivity contribution in [2.75, 3.05) is 0 Å². The van der Waals surface area contributed by atoms with Crippen molar-refractivity contribution < 1.29 is 4.79 Å². The molecule has 0 fully saturated rings. The van der Waals surface area contributed by atoms with Gasteiger partial charge in [0, 0.05) is 12.8 Å². The van der Waals surface area contributed by atoms with E-state index in [0.29, 0.717) is 0 Å². The molecule has 0 bridgehead atoms. The van der Waals surface area contributed by atoms with Gasteiger partial charge in [0.25, 0.3) is 0 Å². The maximum Gasteiger partial charge on any atom is 0.338 e. The predicted molar refractivity (Wildman–Crippen MR) is 50.2 cm³/mol. The highest BCUT2D eigenvalue weighted by atomic mass is 16.2. The third-order valence-electron chi connectivity index (χ3n) is 1.26. The van der Waals surface area contributed by atoms with Gasteiger partial charge in [0.1, 0.15) is 0 Å². The molecule has 4 heteroatoms. The maximum absolute atomic E-state index is 11.3. The van der Waals surface area contributed by atoms with Gasteiger partial charge in [0.2, 0.25) is 0 Å². The third-order valence-corrected chi connectivity index (χ3v) is 1.26. The Hall–Kier alpha value is -1.06. The van der Waals surface area contributed by atoms with Crippen LogP contribution in [0.5, 0.6) is 0 Å². The van der Waals surface area contributed by atoms with Gasteiger partial charge in [-0.15, -0.1) is 0 Å². The van der Waals surface area contributed by atoms with E-state index in [4.69, 9.17) is 0 Å². The average molecular weight is 171 g/mol. The first-order valence-corrected chi connectivity index (χ1v) is 4.05. The van der Waals surface area contributed by atoms with Gasteiger partial charge < -0.3 is 5.32 Å². The van der Waals surface area contributed by atoms with Gasteiger partial charge in [-0.1, -0.05) is 0 Å². The molecule has 0 unspecified atom stereocenters. The molecule has 0 heterocycles. The quantitative estimate of drug-likeness (QED) is 0.506. The van der Waals surface area contributed by atoms with Crippen LogP contribution in [0.4, 0.5) is 4.79 Å². The lowest BCUT2D eigenvalue weighted by Gasteiger charge is -2.22. The van der Waals surface area contributed by atoms with Crippen LogP contribution in [0.1, 0.15) is 27.7 Å². The summed E-state index contributed by atoms with van der Waals surface area (Å²) in [6.07, 6.45) is 0. The van der Waals surface area contributed by atoms with E-state index in [2.05, 4.69) is 17.1 Å². The minimum Gasteiger partial charge on any atom is -0.334 e. The smallest absolute Gasteiger partial charge is 0.334 e. The van der Waals surface area contributed by atoms with Crippen LogP contribution in [-0.2, 0) is 0 Å². The lowest BCUT2D eigenvalue weighted by Crippen LogP contribution is -2.43. The Morgan fingerprint density at radius 2 is 1.92 bits per heavy atom. The number of amides is 2. The van der Waals surface area contributed by atoms with Gasteiger partial charge in [-0.05, 0) is 27.7 Å². The van der Waals surface area contributed by atoms with E-state index in [9.17, 15) is 4.79 Å².